The number of nitrogens with zero attached hydrogens (tertiary/aromatic N) is 2. The third-order valence-corrected chi connectivity index (χ3v) is 2.29. The molecule has 0 unspecified atom stereocenters. The summed E-state index contributed by atoms with van der Waals surface area (Å²) >= 11 is 2.24. The maximum atomic E-state index is 5.39. The molecule has 0 saturated carbocycles. The van der Waals surface area contributed by atoms with E-state index in [1.807, 2.05) is 24.3 Å². The zero-order valence-electron chi connectivity index (χ0n) is 7.02. The van der Waals surface area contributed by atoms with Gasteiger partial charge in [0.25, 0.3) is 12.1 Å². The first-order chi connectivity index (χ1) is 6.25. The molecule has 0 aliphatic heterocycles. The molecular formula is C8H7ClIN3O. The van der Waals surface area contributed by atoms with Crippen LogP contribution in [-0.2, 0) is 0 Å². The van der Waals surface area contributed by atoms with Crippen LogP contribution in [0.1, 0.15) is 0 Å². The highest BCUT2D eigenvalue weighted by Gasteiger charge is 2.11. The summed E-state index contributed by atoms with van der Waals surface area (Å²) in [7, 11) is 0. The predicted octanol–water partition coefficient (Wildman–Crippen LogP) is -1.86. The summed E-state index contributed by atoms with van der Waals surface area (Å²) in [5, 5.41) is 3.73. The van der Waals surface area contributed by atoms with Crippen LogP contribution in [-0.4, -0.2) is 5.27 Å². The zero-order chi connectivity index (χ0) is 9.26. The van der Waals surface area contributed by atoms with Crippen molar-refractivity contribution in [2.45, 2.75) is 0 Å². The Hall–Kier alpha value is -0.820. The van der Waals surface area contributed by atoms with E-state index in [1.165, 1.54) is 3.57 Å². The third kappa shape index (κ3) is 2.36. The molecule has 2 N–H and O–H groups in total. The van der Waals surface area contributed by atoms with Gasteiger partial charge in [0.05, 0.1) is 0 Å². The molecule has 0 fully saturated rings. The molecular weight excluding hydrogens is 316 g/mol. The summed E-state index contributed by atoms with van der Waals surface area (Å²) < 4.78 is 7.51. The van der Waals surface area contributed by atoms with Crippen LogP contribution in [0.25, 0.3) is 5.69 Å². The first-order valence-corrected chi connectivity index (χ1v) is 4.73. The highest BCUT2D eigenvalue weighted by molar-refractivity contribution is 14.1. The van der Waals surface area contributed by atoms with Crippen LogP contribution in [0.5, 0.6) is 0 Å². The summed E-state index contributed by atoms with van der Waals surface area (Å²) in [4.78, 5) is 0. The van der Waals surface area contributed by atoms with Gasteiger partial charge in [-0.3, -0.25) is 4.52 Å². The highest BCUT2D eigenvalue weighted by Crippen LogP contribution is 2.06. The molecule has 1 heterocycles. The van der Waals surface area contributed by atoms with Gasteiger partial charge in [-0.25, -0.2) is 0 Å². The molecule has 14 heavy (non-hydrogen) atoms. The van der Waals surface area contributed by atoms with E-state index in [1.54, 1.807) is 10.9 Å². The van der Waals surface area contributed by atoms with Gasteiger partial charge in [-0.15, -0.1) is 0 Å². The number of nitrogens with two attached hydrogens (primary N) is 1. The van der Waals surface area contributed by atoms with Gasteiger partial charge >= 0.3 is 0 Å². The van der Waals surface area contributed by atoms with Crippen LogP contribution >= 0.6 is 22.6 Å². The maximum absolute atomic E-state index is 5.39. The lowest BCUT2D eigenvalue weighted by atomic mass is 10.3. The fourth-order valence-corrected chi connectivity index (χ4v) is 1.33. The molecule has 0 bridgehead atoms. The lowest BCUT2D eigenvalue weighted by Crippen LogP contribution is -3.00. The SMILES string of the molecule is Nc1c[n+](-c2ccc(I)cc2)no1.[Cl-]. The molecule has 0 radical (unpaired) electrons. The molecule has 1 aromatic carbocycles. The third-order valence-electron chi connectivity index (χ3n) is 1.57. The van der Waals surface area contributed by atoms with E-state index in [-0.39, 0.29) is 12.4 Å². The van der Waals surface area contributed by atoms with Gasteiger partial charge in [0.1, 0.15) is 0 Å². The second-order valence-electron chi connectivity index (χ2n) is 2.53. The van der Waals surface area contributed by atoms with E-state index in [9.17, 15) is 0 Å². The Kier molecular flexibility index (Phi) is 3.70. The topological polar surface area (TPSA) is 55.9 Å². The molecule has 0 saturated heterocycles. The average molecular weight is 324 g/mol. The number of nitrogen functional groups attached to an aromatic ring is 1. The van der Waals surface area contributed by atoms with Crippen LogP contribution in [0, 0.1) is 3.57 Å². The van der Waals surface area contributed by atoms with E-state index in [4.69, 9.17) is 10.3 Å². The van der Waals surface area contributed by atoms with E-state index >= 15 is 0 Å². The van der Waals surface area contributed by atoms with Gasteiger partial charge in [-0.1, -0.05) is 0 Å². The van der Waals surface area contributed by atoms with E-state index in [0.29, 0.717) is 5.88 Å². The summed E-state index contributed by atoms with van der Waals surface area (Å²) in [6.07, 6.45) is 1.63. The number of halogens is 2. The van der Waals surface area contributed by atoms with Crippen LogP contribution in [0.2, 0.25) is 0 Å². The highest BCUT2D eigenvalue weighted by atomic mass is 127. The standard InChI is InChI=1S/C8H7IN3O.ClH/c9-6-1-3-7(4-2-6)12-5-8(10)13-11-12;/h1-5H,10H2;1H/q+1;/p-1. The van der Waals surface area contributed by atoms with Gasteiger partial charge in [0, 0.05) is 15.7 Å². The van der Waals surface area contributed by atoms with Crippen molar-refractivity contribution in [3.05, 3.63) is 34.0 Å². The Labute approximate surface area is 101 Å². The normalized spacial score (nSPS) is 9.50. The average Bonchev–Trinajstić information content (AvgIpc) is 2.53. The number of benzene rings is 1. The van der Waals surface area contributed by atoms with Gasteiger partial charge in [-0.2, -0.15) is 0 Å². The summed E-state index contributed by atoms with van der Waals surface area (Å²) in [6, 6.07) is 7.88. The van der Waals surface area contributed by atoms with Crippen molar-refractivity contribution in [3.63, 3.8) is 0 Å². The lowest BCUT2D eigenvalue weighted by Gasteiger charge is -1.87. The molecule has 6 heteroatoms. The van der Waals surface area contributed by atoms with Crippen molar-refractivity contribution >= 4 is 28.5 Å². The zero-order valence-corrected chi connectivity index (χ0v) is 9.94. The first kappa shape index (κ1) is 11.3. The Bertz CT molecular complexity index is 415. The van der Waals surface area contributed by atoms with Gasteiger partial charge < -0.3 is 18.1 Å². The molecule has 0 atom stereocenters. The van der Waals surface area contributed by atoms with E-state index < -0.39 is 0 Å². The van der Waals surface area contributed by atoms with Crippen molar-refractivity contribution in [1.29, 1.82) is 0 Å². The minimum Gasteiger partial charge on any atom is -1.00 e. The summed E-state index contributed by atoms with van der Waals surface area (Å²) in [5.41, 5.74) is 6.33. The summed E-state index contributed by atoms with van der Waals surface area (Å²) in [6.45, 7) is 0. The van der Waals surface area contributed by atoms with Crippen LogP contribution in [0.15, 0.2) is 35.0 Å². The van der Waals surface area contributed by atoms with Crippen molar-refractivity contribution < 1.29 is 21.6 Å². The smallest absolute Gasteiger partial charge is 0.293 e. The molecule has 0 aliphatic carbocycles. The largest absolute Gasteiger partial charge is 1.00 e. The minimum absolute atomic E-state index is 0. The van der Waals surface area contributed by atoms with E-state index in [2.05, 4.69) is 27.9 Å². The Morgan fingerprint density at radius 3 is 2.43 bits per heavy atom. The van der Waals surface area contributed by atoms with Gasteiger partial charge in [0.2, 0.25) is 11.0 Å². The van der Waals surface area contributed by atoms with Crippen molar-refractivity contribution in [2.24, 2.45) is 0 Å². The number of anilines is 1. The minimum atomic E-state index is 0. The lowest BCUT2D eigenvalue weighted by molar-refractivity contribution is -0.670. The summed E-state index contributed by atoms with van der Waals surface area (Å²) in [5.74, 6) is 0.304. The molecule has 0 spiro atoms. The number of aromatic nitrogens is 2. The molecule has 2 rings (SSSR count). The number of hydrogen-bond donors (Lipinski definition) is 1. The molecule has 4 nitrogen and oxygen atoms in total. The molecule has 0 aliphatic rings. The quantitative estimate of drug-likeness (QED) is 0.495. The van der Waals surface area contributed by atoms with Crippen molar-refractivity contribution in [1.82, 2.24) is 5.27 Å². The predicted molar refractivity (Wildman–Crippen MR) is 55.2 cm³/mol. The molecule has 74 valence electrons. The Balaban J connectivity index is 0.000000980. The Morgan fingerprint density at radius 1 is 1.29 bits per heavy atom. The Morgan fingerprint density at radius 2 is 1.93 bits per heavy atom. The van der Waals surface area contributed by atoms with Crippen molar-refractivity contribution in [3.8, 4) is 5.69 Å². The molecule has 0 amide bonds. The van der Waals surface area contributed by atoms with Crippen LogP contribution in [0.3, 0.4) is 0 Å². The molecule has 1 aromatic heterocycles. The maximum Gasteiger partial charge on any atom is 0.293 e. The van der Waals surface area contributed by atoms with Gasteiger partial charge in [0.15, 0.2) is 0 Å². The van der Waals surface area contributed by atoms with Crippen molar-refractivity contribution in [2.75, 3.05) is 5.73 Å². The molecule has 2 aromatic rings. The number of rotatable bonds is 1. The number of hydrogen-bond acceptors (Lipinski definition) is 3. The second-order valence-corrected chi connectivity index (χ2v) is 3.77. The fourth-order valence-electron chi connectivity index (χ4n) is 0.974. The van der Waals surface area contributed by atoms with E-state index in [0.717, 1.165) is 5.69 Å². The van der Waals surface area contributed by atoms with Gasteiger partial charge in [-0.05, 0) is 39.4 Å². The van der Waals surface area contributed by atoms with Crippen LogP contribution in [0.4, 0.5) is 5.88 Å². The van der Waals surface area contributed by atoms with Crippen LogP contribution < -0.4 is 22.8 Å². The second kappa shape index (κ2) is 4.61. The monoisotopic (exact) mass is 323 g/mol. The first-order valence-electron chi connectivity index (χ1n) is 3.66. The fraction of sp³-hybridized carbons (Fsp3) is 0.